The summed E-state index contributed by atoms with van der Waals surface area (Å²) in [5, 5.41) is 6.40. The number of nitrogens with one attached hydrogen (secondary N) is 2. The van der Waals surface area contributed by atoms with Crippen molar-refractivity contribution < 1.29 is 14.4 Å². The Bertz CT molecular complexity index is 1490. The van der Waals surface area contributed by atoms with Gasteiger partial charge in [0.15, 0.2) is 0 Å². The predicted molar refractivity (Wildman–Crippen MR) is 140 cm³/mol. The van der Waals surface area contributed by atoms with Crippen molar-refractivity contribution in [1.29, 1.82) is 0 Å². The minimum atomic E-state index is -0.613. The lowest BCUT2D eigenvalue weighted by Crippen LogP contribution is -2.38. The van der Waals surface area contributed by atoms with Crippen LogP contribution in [0.5, 0.6) is 0 Å². The van der Waals surface area contributed by atoms with Crippen molar-refractivity contribution in [2.24, 2.45) is 0 Å². The highest BCUT2D eigenvalue weighted by Crippen LogP contribution is 2.26. The van der Waals surface area contributed by atoms with Gasteiger partial charge in [0.25, 0.3) is 5.91 Å². The lowest BCUT2D eigenvalue weighted by Gasteiger charge is -2.13. The summed E-state index contributed by atoms with van der Waals surface area (Å²) in [5.74, 6) is -0.959. The lowest BCUT2D eigenvalue weighted by molar-refractivity contribution is -0.127. The molecular weight excluding hydrogens is 452 g/mol. The van der Waals surface area contributed by atoms with Crippen molar-refractivity contribution in [3.8, 4) is 0 Å². The molecule has 4 amide bonds. The molecule has 7 nitrogen and oxygen atoms in total. The van der Waals surface area contributed by atoms with Gasteiger partial charge in [0.05, 0.1) is 0 Å². The number of urea groups is 1. The second-order valence-electron chi connectivity index (χ2n) is 8.65. The summed E-state index contributed by atoms with van der Waals surface area (Å²) in [6.45, 7) is 2.31. The summed E-state index contributed by atoms with van der Waals surface area (Å²) < 4.78 is 2.12. The predicted octanol–water partition coefficient (Wildman–Crippen LogP) is 4.78. The number of carbonyl (C=O) groups excluding carboxylic acids is 3. The molecular formula is C29H26N4O3. The first-order valence-corrected chi connectivity index (χ1v) is 11.9. The van der Waals surface area contributed by atoms with E-state index in [1.807, 2.05) is 73.8 Å². The van der Waals surface area contributed by atoms with E-state index in [1.165, 1.54) is 0 Å². The number of carbonyl (C=O) groups is 3. The molecule has 0 radical (unpaired) electrons. The molecule has 180 valence electrons. The number of rotatable bonds is 7. The fourth-order valence-electron chi connectivity index (χ4n) is 4.46. The maximum atomic E-state index is 13.1. The van der Waals surface area contributed by atoms with Crippen LogP contribution in [-0.4, -0.2) is 33.9 Å². The van der Waals surface area contributed by atoms with Crippen LogP contribution in [0.15, 0.2) is 90.8 Å². The summed E-state index contributed by atoms with van der Waals surface area (Å²) in [7, 11) is 0. The average Bonchev–Trinajstić information content (AvgIpc) is 3.36. The Morgan fingerprint density at radius 2 is 1.67 bits per heavy atom. The van der Waals surface area contributed by atoms with Crippen LogP contribution in [0.25, 0.3) is 17.0 Å². The normalized spacial score (nSPS) is 14.5. The highest BCUT2D eigenvalue weighted by Gasteiger charge is 2.35. The molecule has 0 bridgehead atoms. The smallest absolute Gasteiger partial charge is 0.329 e. The van der Waals surface area contributed by atoms with Crippen LogP contribution in [0.1, 0.15) is 23.6 Å². The zero-order chi connectivity index (χ0) is 25.1. The number of para-hydroxylation sites is 2. The quantitative estimate of drug-likeness (QED) is 0.296. The van der Waals surface area contributed by atoms with E-state index >= 15 is 0 Å². The van der Waals surface area contributed by atoms with Gasteiger partial charge >= 0.3 is 6.03 Å². The van der Waals surface area contributed by atoms with Crippen LogP contribution in [0, 0.1) is 0 Å². The first-order valence-electron chi connectivity index (χ1n) is 11.9. The Hall–Kier alpha value is -4.65. The number of aromatic nitrogens is 1. The van der Waals surface area contributed by atoms with E-state index in [9.17, 15) is 14.4 Å². The largest absolute Gasteiger partial charge is 0.342 e. The Morgan fingerprint density at radius 3 is 2.47 bits per heavy atom. The minimum absolute atomic E-state index is 0.143. The first kappa shape index (κ1) is 23.1. The van der Waals surface area contributed by atoms with Gasteiger partial charge in [-0.2, -0.15) is 0 Å². The third-order valence-electron chi connectivity index (χ3n) is 6.25. The van der Waals surface area contributed by atoms with Gasteiger partial charge in [-0.1, -0.05) is 73.7 Å². The molecule has 2 N–H and O–H groups in total. The van der Waals surface area contributed by atoms with E-state index in [0.29, 0.717) is 12.2 Å². The monoisotopic (exact) mass is 478 g/mol. The molecule has 1 aromatic heterocycles. The molecule has 5 rings (SSSR count). The summed E-state index contributed by atoms with van der Waals surface area (Å²) in [5.41, 5.74) is 4.80. The lowest BCUT2D eigenvalue weighted by atomic mass is 10.1. The number of imide groups is 1. The number of amides is 4. The third-order valence-corrected chi connectivity index (χ3v) is 6.25. The molecule has 2 heterocycles. The Kier molecular flexibility index (Phi) is 6.36. The fraction of sp³-hybridized carbons (Fsp3) is 0.138. The van der Waals surface area contributed by atoms with Crippen molar-refractivity contribution in [3.63, 3.8) is 0 Å². The Morgan fingerprint density at radius 1 is 0.944 bits per heavy atom. The van der Waals surface area contributed by atoms with E-state index in [0.717, 1.165) is 38.9 Å². The van der Waals surface area contributed by atoms with Crippen molar-refractivity contribution in [1.82, 2.24) is 14.8 Å². The van der Waals surface area contributed by atoms with Crippen LogP contribution in [-0.2, 0) is 22.6 Å². The average molecular weight is 479 g/mol. The number of hydrogen-bond donors (Lipinski definition) is 2. The van der Waals surface area contributed by atoms with Gasteiger partial charge in [0.2, 0.25) is 5.91 Å². The molecule has 0 unspecified atom stereocenters. The fourth-order valence-corrected chi connectivity index (χ4v) is 4.46. The SMILES string of the molecule is CCc1ccccc1NC(=O)CN1C(=O)N/C(=C/c2cn(Cc3ccccc3)c3ccccc23)C1=O. The summed E-state index contributed by atoms with van der Waals surface area (Å²) in [6, 6.07) is 24.9. The van der Waals surface area contributed by atoms with Crippen molar-refractivity contribution >= 4 is 40.5 Å². The molecule has 0 atom stereocenters. The number of hydrogen-bond acceptors (Lipinski definition) is 3. The van der Waals surface area contributed by atoms with Crippen LogP contribution in [0.3, 0.4) is 0 Å². The maximum absolute atomic E-state index is 13.1. The topological polar surface area (TPSA) is 83.4 Å². The van der Waals surface area contributed by atoms with E-state index < -0.39 is 17.8 Å². The Balaban J connectivity index is 1.37. The van der Waals surface area contributed by atoms with Gasteiger partial charge in [-0.15, -0.1) is 0 Å². The molecule has 1 saturated heterocycles. The standard InChI is InChI=1S/C29H26N4O3/c1-2-21-12-6-8-14-24(21)30-27(34)19-33-28(35)25(31-29(33)36)16-22-18-32(17-20-10-4-3-5-11-20)26-15-9-7-13-23(22)26/h3-16,18H,2,17,19H2,1H3,(H,30,34)(H,31,36)/b25-16+. The first-order chi connectivity index (χ1) is 17.5. The molecule has 36 heavy (non-hydrogen) atoms. The van der Waals surface area contributed by atoms with Gasteiger partial charge < -0.3 is 15.2 Å². The van der Waals surface area contributed by atoms with E-state index in [-0.39, 0.29) is 12.2 Å². The molecule has 0 saturated carbocycles. The van der Waals surface area contributed by atoms with Crippen LogP contribution < -0.4 is 10.6 Å². The zero-order valence-electron chi connectivity index (χ0n) is 19.9. The maximum Gasteiger partial charge on any atom is 0.329 e. The van der Waals surface area contributed by atoms with Gasteiger partial charge in [-0.25, -0.2) is 9.69 Å². The van der Waals surface area contributed by atoms with Crippen LogP contribution in [0.2, 0.25) is 0 Å². The second kappa shape index (κ2) is 9.92. The number of nitrogens with zero attached hydrogens (tertiary/aromatic N) is 2. The molecule has 1 aliphatic heterocycles. The highest BCUT2D eigenvalue weighted by atomic mass is 16.2. The summed E-state index contributed by atoms with van der Waals surface area (Å²) >= 11 is 0. The highest BCUT2D eigenvalue weighted by molar-refractivity contribution is 6.16. The van der Waals surface area contributed by atoms with Gasteiger partial charge in [0.1, 0.15) is 12.2 Å². The molecule has 4 aromatic rings. The molecule has 1 fully saturated rings. The molecule has 0 aliphatic carbocycles. The van der Waals surface area contributed by atoms with Crippen molar-refractivity contribution in [3.05, 3.63) is 107 Å². The molecule has 0 spiro atoms. The minimum Gasteiger partial charge on any atom is -0.342 e. The number of benzene rings is 3. The van der Waals surface area contributed by atoms with E-state index in [4.69, 9.17) is 0 Å². The molecule has 7 heteroatoms. The number of anilines is 1. The van der Waals surface area contributed by atoms with E-state index in [1.54, 1.807) is 12.1 Å². The summed E-state index contributed by atoms with van der Waals surface area (Å²) in [6.07, 6.45) is 4.40. The van der Waals surface area contributed by atoms with Crippen molar-refractivity contribution in [2.45, 2.75) is 19.9 Å². The second-order valence-corrected chi connectivity index (χ2v) is 8.65. The van der Waals surface area contributed by atoms with Crippen LogP contribution in [0.4, 0.5) is 10.5 Å². The third kappa shape index (κ3) is 4.63. The molecule has 1 aliphatic rings. The molecule has 3 aromatic carbocycles. The summed E-state index contributed by atoms with van der Waals surface area (Å²) in [4.78, 5) is 39.2. The van der Waals surface area contributed by atoms with Crippen LogP contribution >= 0.6 is 0 Å². The number of aryl methyl sites for hydroxylation is 1. The van der Waals surface area contributed by atoms with Gasteiger partial charge in [-0.05, 0) is 35.8 Å². The van der Waals surface area contributed by atoms with Crippen molar-refractivity contribution in [2.75, 3.05) is 11.9 Å². The van der Waals surface area contributed by atoms with Gasteiger partial charge in [-0.3, -0.25) is 9.59 Å². The van der Waals surface area contributed by atoms with Gasteiger partial charge in [0, 0.05) is 34.9 Å². The van der Waals surface area contributed by atoms with E-state index in [2.05, 4.69) is 27.3 Å². The Labute approximate surface area is 209 Å². The number of fused-ring (bicyclic) bond motifs is 1. The zero-order valence-corrected chi connectivity index (χ0v) is 19.9.